The fraction of sp³-hybridized carbons (Fsp3) is 0.500. The summed E-state index contributed by atoms with van der Waals surface area (Å²) >= 11 is 0. The molecule has 0 saturated carbocycles. The molecule has 0 rings (SSSR count). The number of hydrogen-bond acceptors (Lipinski definition) is 0. The van der Waals surface area contributed by atoms with Gasteiger partial charge < -0.3 is 0 Å². The predicted octanol–water partition coefficient (Wildman–Crippen LogP) is 4.49. The molecule has 0 heteroatoms. The van der Waals surface area contributed by atoms with Gasteiger partial charge in [-0.3, -0.25) is 0 Å². The van der Waals surface area contributed by atoms with Gasteiger partial charge in [0, 0.05) is 24.0 Å². The molecule has 0 aliphatic heterocycles. The van der Waals surface area contributed by atoms with Gasteiger partial charge in [0.1, 0.15) is 0 Å². The Bertz CT molecular complexity index is 300. The molecule has 0 bridgehead atoms. The van der Waals surface area contributed by atoms with Crippen molar-refractivity contribution in [3.63, 3.8) is 0 Å². The topological polar surface area (TPSA) is 0 Å². The minimum absolute atomic E-state index is 0.764. The van der Waals surface area contributed by atoms with Crippen LogP contribution in [0.5, 0.6) is 0 Å². The molecule has 0 aromatic carbocycles. The zero-order valence-electron chi connectivity index (χ0n) is 10.7. The Morgan fingerprint density at radius 2 is 1.19 bits per heavy atom. The van der Waals surface area contributed by atoms with E-state index in [-0.39, 0.29) is 0 Å². The van der Waals surface area contributed by atoms with Crippen molar-refractivity contribution in [1.82, 2.24) is 0 Å². The van der Waals surface area contributed by atoms with Gasteiger partial charge in [-0.25, -0.2) is 0 Å². The quantitative estimate of drug-likeness (QED) is 0.359. The van der Waals surface area contributed by atoms with Gasteiger partial charge in [0.05, 0.1) is 0 Å². The summed E-state index contributed by atoms with van der Waals surface area (Å²) in [5, 5.41) is 0. The van der Waals surface area contributed by atoms with Gasteiger partial charge in [0.25, 0.3) is 0 Å². The van der Waals surface area contributed by atoms with E-state index in [4.69, 9.17) is 0 Å². The summed E-state index contributed by atoms with van der Waals surface area (Å²) in [5.41, 5.74) is 1.53. The number of allylic oxidation sites excluding steroid dienone is 2. The van der Waals surface area contributed by atoms with E-state index >= 15 is 0 Å². The lowest BCUT2D eigenvalue weighted by Gasteiger charge is -1.92. The molecule has 0 atom stereocenters. The summed E-state index contributed by atoms with van der Waals surface area (Å²) < 4.78 is 0. The van der Waals surface area contributed by atoms with E-state index in [0.717, 1.165) is 36.8 Å². The lowest BCUT2D eigenvalue weighted by molar-refractivity contribution is 0.828. The van der Waals surface area contributed by atoms with Crippen molar-refractivity contribution in [1.29, 1.82) is 0 Å². The van der Waals surface area contributed by atoms with E-state index in [1.807, 2.05) is 0 Å². The summed E-state index contributed by atoms with van der Waals surface area (Å²) in [6.07, 6.45) is 6.53. The van der Waals surface area contributed by atoms with Gasteiger partial charge in [-0.15, -0.1) is 0 Å². The van der Waals surface area contributed by atoms with Crippen molar-refractivity contribution < 1.29 is 0 Å². The average molecular weight is 214 g/mol. The van der Waals surface area contributed by atoms with Crippen LogP contribution in [-0.4, -0.2) is 0 Å². The molecule has 0 radical (unpaired) electrons. The highest BCUT2D eigenvalue weighted by atomic mass is 13.9. The highest BCUT2D eigenvalue weighted by Gasteiger charge is 1.90. The number of hydrogen-bond donors (Lipinski definition) is 0. The molecule has 16 heavy (non-hydrogen) atoms. The fourth-order valence-corrected chi connectivity index (χ4v) is 1.02. The summed E-state index contributed by atoms with van der Waals surface area (Å²) in [6, 6.07) is 0. The first-order chi connectivity index (χ1) is 7.72. The molecule has 0 saturated heterocycles. The van der Waals surface area contributed by atoms with E-state index in [1.54, 1.807) is 0 Å². The summed E-state index contributed by atoms with van der Waals surface area (Å²) in [6.45, 7) is 12.1. The van der Waals surface area contributed by atoms with Crippen molar-refractivity contribution in [3.05, 3.63) is 24.3 Å². The van der Waals surface area contributed by atoms with Crippen LogP contribution in [0, 0.1) is 23.7 Å². The van der Waals surface area contributed by atoms with Crippen LogP contribution in [0.15, 0.2) is 24.3 Å². The molecule has 0 aliphatic rings. The molecule has 86 valence electrons. The summed E-state index contributed by atoms with van der Waals surface area (Å²) in [4.78, 5) is 0. The van der Waals surface area contributed by atoms with Crippen LogP contribution in [-0.2, 0) is 0 Å². The maximum Gasteiger partial charge on any atom is 0.0324 e. The molecule has 0 nitrogen and oxygen atoms in total. The highest BCUT2D eigenvalue weighted by Crippen LogP contribution is 2.03. The zero-order valence-corrected chi connectivity index (χ0v) is 10.7. The van der Waals surface area contributed by atoms with Crippen LogP contribution < -0.4 is 0 Å². The Kier molecular flexibility index (Phi) is 9.24. The molecule has 0 fully saturated rings. The predicted molar refractivity (Wildman–Crippen MR) is 72.9 cm³/mol. The SMILES string of the molecule is C=C(C#CCCCC)C(=C)C#CCCCC. The third kappa shape index (κ3) is 7.95. The minimum atomic E-state index is 0.764. The van der Waals surface area contributed by atoms with Crippen LogP contribution >= 0.6 is 0 Å². The lowest BCUT2D eigenvalue weighted by atomic mass is 10.1. The van der Waals surface area contributed by atoms with Crippen molar-refractivity contribution in [2.45, 2.75) is 52.4 Å². The van der Waals surface area contributed by atoms with E-state index in [9.17, 15) is 0 Å². The second-order valence-corrected chi connectivity index (χ2v) is 3.77. The molecule has 0 heterocycles. The largest absolute Gasteiger partial charge is 0.0979 e. The van der Waals surface area contributed by atoms with E-state index in [0.29, 0.717) is 0 Å². The molecule has 0 N–H and O–H groups in total. The van der Waals surface area contributed by atoms with Crippen LogP contribution in [0.25, 0.3) is 0 Å². The summed E-state index contributed by atoms with van der Waals surface area (Å²) in [5.74, 6) is 12.2. The molecular weight excluding hydrogens is 192 g/mol. The highest BCUT2D eigenvalue weighted by molar-refractivity contribution is 5.51. The first-order valence-electron chi connectivity index (χ1n) is 6.08. The Labute approximate surface area is 101 Å². The Balaban J connectivity index is 4.00. The van der Waals surface area contributed by atoms with Crippen LogP contribution in [0.3, 0.4) is 0 Å². The zero-order chi connectivity index (χ0) is 12.2. The van der Waals surface area contributed by atoms with Gasteiger partial charge in [0.15, 0.2) is 0 Å². The minimum Gasteiger partial charge on any atom is -0.0979 e. The van der Waals surface area contributed by atoms with E-state index in [1.165, 1.54) is 12.8 Å². The first kappa shape index (κ1) is 14.6. The molecule has 0 spiro atoms. The molecular formula is C16H22. The molecule has 0 aromatic rings. The fourth-order valence-electron chi connectivity index (χ4n) is 1.02. The Morgan fingerprint density at radius 3 is 1.50 bits per heavy atom. The van der Waals surface area contributed by atoms with Gasteiger partial charge in [-0.05, 0) is 12.8 Å². The molecule has 0 amide bonds. The Morgan fingerprint density at radius 1 is 0.812 bits per heavy atom. The standard InChI is InChI=1S/C16H22/c1-5-7-9-11-13-15(3)16(4)14-12-10-8-6-2/h3-10H2,1-2H3. The maximum atomic E-state index is 3.88. The summed E-state index contributed by atoms with van der Waals surface area (Å²) in [7, 11) is 0. The van der Waals surface area contributed by atoms with Gasteiger partial charge in [0.2, 0.25) is 0 Å². The smallest absolute Gasteiger partial charge is 0.0324 e. The van der Waals surface area contributed by atoms with E-state index < -0.39 is 0 Å². The monoisotopic (exact) mass is 214 g/mol. The van der Waals surface area contributed by atoms with Crippen molar-refractivity contribution in [2.24, 2.45) is 0 Å². The third-order valence-electron chi connectivity index (χ3n) is 2.15. The lowest BCUT2D eigenvalue weighted by Crippen LogP contribution is -1.80. The van der Waals surface area contributed by atoms with Gasteiger partial charge in [-0.2, -0.15) is 0 Å². The van der Waals surface area contributed by atoms with Gasteiger partial charge in [-0.1, -0.05) is 63.5 Å². The second-order valence-electron chi connectivity index (χ2n) is 3.77. The van der Waals surface area contributed by atoms with Crippen molar-refractivity contribution in [3.8, 4) is 23.7 Å². The normalized spacial score (nSPS) is 8.38. The molecule has 0 aliphatic carbocycles. The Hall–Kier alpha value is -1.40. The maximum absolute atomic E-state index is 3.88. The van der Waals surface area contributed by atoms with Gasteiger partial charge >= 0.3 is 0 Å². The average Bonchev–Trinajstić information content (AvgIpc) is 2.29. The van der Waals surface area contributed by atoms with Crippen LogP contribution in [0.2, 0.25) is 0 Å². The molecule has 0 unspecified atom stereocenters. The third-order valence-corrected chi connectivity index (χ3v) is 2.15. The number of unbranched alkanes of at least 4 members (excludes halogenated alkanes) is 4. The van der Waals surface area contributed by atoms with Crippen molar-refractivity contribution in [2.75, 3.05) is 0 Å². The second kappa shape index (κ2) is 10.1. The molecule has 0 aromatic heterocycles. The first-order valence-corrected chi connectivity index (χ1v) is 6.08. The van der Waals surface area contributed by atoms with Crippen LogP contribution in [0.4, 0.5) is 0 Å². The van der Waals surface area contributed by atoms with Crippen molar-refractivity contribution >= 4 is 0 Å². The number of rotatable bonds is 5. The van der Waals surface area contributed by atoms with E-state index in [2.05, 4.69) is 50.7 Å². The van der Waals surface area contributed by atoms with Crippen LogP contribution in [0.1, 0.15) is 52.4 Å².